The molecule has 0 saturated heterocycles. The lowest BCUT2D eigenvalue weighted by atomic mass is 10.1. The minimum atomic E-state index is 0.320. The number of nitrogens with one attached hydrogen (secondary N) is 1. The van der Waals surface area contributed by atoms with Crippen molar-refractivity contribution in [1.29, 1.82) is 0 Å². The van der Waals surface area contributed by atoms with Crippen LogP contribution in [0.2, 0.25) is 0 Å². The molecule has 0 aliphatic rings. The highest BCUT2D eigenvalue weighted by molar-refractivity contribution is 5.30. The molecule has 0 spiro atoms. The molecule has 1 aromatic heterocycles. The van der Waals surface area contributed by atoms with Gasteiger partial charge in [-0.15, -0.1) is 0 Å². The molecule has 108 valence electrons. The average molecular weight is 272 g/mol. The van der Waals surface area contributed by atoms with Gasteiger partial charge in [0.15, 0.2) is 0 Å². The van der Waals surface area contributed by atoms with E-state index in [4.69, 9.17) is 4.74 Å². The van der Waals surface area contributed by atoms with Crippen molar-refractivity contribution in [2.24, 2.45) is 7.05 Å². The Morgan fingerprint density at radius 1 is 1.20 bits per heavy atom. The van der Waals surface area contributed by atoms with Crippen molar-refractivity contribution >= 4 is 0 Å². The highest BCUT2D eigenvalue weighted by Crippen LogP contribution is 2.19. The number of benzene rings is 1. The lowest BCUT2D eigenvalue weighted by molar-refractivity contribution is 0.414. The van der Waals surface area contributed by atoms with E-state index in [1.165, 1.54) is 22.5 Å². The maximum atomic E-state index is 5.19. The van der Waals surface area contributed by atoms with Crippen LogP contribution in [-0.4, -0.2) is 11.7 Å². The van der Waals surface area contributed by atoms with Crippen molar-refractivity contribution < 1.29 is 4.74 Å². The van der Waals surface area contributed by atoms with Crippen molar-refractivity contribution in [3.8, 4) is 5.75 Å². The summed E-state index contributed by atoms with van der Waals surface area (Å²) in [7, 11) is 3.80. The molecule has 0 amide bonds. The molecule has 2 aromatic rings. The summed E-state index contributed by atoms with van der Waals surface area (Å²) in [4.78, 5) is 0. The molecule has 0 bridgehead atoms. The minimum absolute atomic E-state index is 0.320. The van der Waals surface area contributed by atoms with Gasteiger partial charge in [0, 0.05) is 31.0 Å². The second kappa shape index (κ2) is 6.14. The van der Waals surface area contributed by atoms with Crippen molar-refractivity contribution in [3.63, 3.8) is 0 Å². The molecule has 1 atom stereocenters. The van der Waals surface area contributed by atoms with Gasteiger partial charge in [0.05, 0.1) is 7.11 Å². The van der Waals surface area contributed by atoms with E-state index in [1.54, 1.807) is 7.11 Å². The van der Waals surface area contributed by atoms with Crippen LogP contribution in [0.25, 0.3) is 0 Å². The summed E-state index contributed by atoms with van der Waals surface area (Å²) in [5, 5.41) is 3.58. The molecular weight excluding hydrogens is 248 g/mol. The van der Waals surface area contributed by atoms with Gasteiger partial charge in [-0.2, -0.15) is 0 Å². The molecule has 0 fully saturated rings. The van der Waals surface area contributed by atoms with Gasteiger partial charge in [-0.25, -0.2) is 0 Å². The van der Waals surface area contributed by atoms with Crippen LogP contribution in [0.4, 0.5) is 0 Å². The Bertz CT molecular complexity index is 569. The monoisotopic (exact) mass is 272 g/mol. The number of methoxy groups -OCH3 is 1. The molecule has 3 heteroatoms. The molecule has 3 nitrogen and oxygen atoms in total. The zero-order valence-electron chi connectivity index (χ0n) is 13.0. The predicted octanol–water partition coefficient (Wildman–Crippen LogP) is 3.50. The molecule has 0 aliphatic carbocycles. The van der Waals surface area contributed by atoms with Gasteiger partial charge in [-0.3, -0.25) is 0 Å². The third-order valence-electron chi connectivity index (χ3n) is 4.09. The van der Waals surface area contributed by atoms with E-state index in [2.05, 4.69) is 55.9 Å². The Labute approximate surface area is 121 Å². The molecule has 1 unspecified atom stereocenters. The first-order valence-corrected chi connectivity index (χ1v) is 7.02. The molecule has 1 heterocycles. The van der Waals surface area contributed by atoms with Gasteiger partial charge in [-0.05, 0) is 50.1 Å². The van der Waals surface area contributed by atoms with Gasteiger partial charge in [-0.1, -0.05) is 12.1 Å². The SMILES string of the molecule is COc1ccc(C(C)NCc2cc(C)n(C)c2C)cc1. The van der Waals surface area contributed by atoms with E-state index in [0.717, 1.165) is 12.3 Å². The highest BCUT2D eigenvalue weighted by atomic mass is 16.5. The topological polar surface area (TPSA) is 26.2 Å². The fourth-order valence-electron chi connectivity index (χ4n) is 2.39. The summed E-state index contributed by atoms with van der Waals surface area (Å²) in [5.74, 6) is 0.899. The summed E-state index contributed by atoms with van der Waals surface area (Å²) in [6, 6.07) is 10.8. The number of hydrogen-bond donors (Lipinski definition) is 1. The standard InChI is InChI=1S/C17H24N2O/c1-12-10-16(14(3)19(12)4)11-18-13(2)15-6-8-17(20-5)9-7-15/h6-10,13,18H,11H2,1-5H3. The first kappa shape index (κ1) is 14.7. The maximum Gasteiger partial charge on any atom is 0.118 e. The molecule has 2 rings (SSSR count). The van der Waals surface area contributed by atoms with Gasteiger partial charge in [0.25, 0.3) is 0 Å². The van der Waals surface area contributed by atoms with E-state index in [-0.39, 0.29) is 0 Å². The zero-order chi connectivity index (χ0) is 14.7. The Balaban J connectivity index is 2.00. The van der Waals surface area contributed by atoms with E-state index < -0.39 is 0 Å². The lowest BCUT2D eigenvalue weighted by Gasteiger charge is -2.15. The van der Waals surface area contributed by atoms with Crippen molar-refractivity contribution in [2.75, 3.05) is 7.11 Å². The lowest BCUT2D eigenvalue weighted by Crippen LogP contribution is -2.18. The van der Waals surface area contributed by atoms with Crippen molar-refractivity contribution in [3.05, 3.63) is 52.8 Å². The van der Waals surface area contributed by atoms with Gasteiger partial charge in [0.1, 0.15) is 5.75 Å². The predicted molar refractivity (Wildman–Crippen MR) is 83.1 cm³/mol. The molecular formula is C17H24N2O. The first-order chi connectivity index (χ1) is 9.52. The molecule has 20 heavy (non-hydrogen) atoms. The highest BCUT2D eigenvalue weighted by Gasteiger charge is 2.09. The normalized spacial score (nSPS) is 12.4. The van der Waals surface area contributed by atoms with Crippen LogP contribution in [0, 0.1) is 13.8 Å². The molecule has 0 radical (unpaired) electrons. The van der Waals surface area contributed by atoms with Crippen molar-refractivity contribution in [2.45, 2.75) is 33.4 Å². The molecule has 1 aromatic carbocycles. The summed E-state index contributed by atoms with van der Waals surface area (Å²) in [5.41, 5.74) is 5.27. The average Bonchev–Trinajstić information content (AvgIpc) is 2.72. The van der Waals surface area contributed by atoms with Crippen LogP contribution in [0.5, 0.6) is 5.75 Å². The number of hydrogen-bond acceptors (Lipinski definition) is 2. The van der Waals surface area contributed by atoms with Crippen LogP contribution in [0.3, 0.4) is 0 Å². The first-order valence-electron chi connectivity index (χ1n) is 7.02. The fourth-order valence-corrected chi connectivity index (χ4v) is 2.39. The molecule has 0 saturated carbocycles. The number of rotatable bonds is 5. The van der Waals surface area contributed by atoms with Gasteiger partial charge >= 0.3 is 0 Å². The van der Waals surface area contributed by atoms with E-state index >= 15 is 0 Å². The number of aromatic nitrogens is 1. The van der Waals surface area contributed by atoms with E-state index in [0.29, 0.717) is 6.04 Å². The second-order valence-electron chi connectivity index (χ2n) is 5.33. The van der Waals surface area contributed by atoms with Crippen LogP contribution in [0.15, 0.2) is 30.3 Å². The van der Waals surface area contributed by atoms with Crippen LogP contribution in [-0.2, 0) is 13.6 Å². The Hall–Kier alpha value is -1.74. The van der Waals surface area contributed by atoms with Gasteiger partial charge < -0.3 is 14.6 Å². The Morgan fingerprint density at radius 3 is 2.35 bits per heavy atom. The third kappa shape index (κ3) is 3.05. The van der Waals surface area contributed by atoms with Crippen LogP contribution in [0.1, 0.15) is 35.5 Å². The second-order valence-corrected chi connectivity index (χ2v) is 5.33. The summed E-state index contributed by atoms with van der Waals surface area (Å²) >= 11 is 0. The van der Waals surface area contributed by atoms with Crippen LogP contribution >= 0.6 is 0 Å². The number of nitrogens with zero attached hydrogens (tertiary/aromatic N) is 1. The zero-order valence-corrected chi connectivity index (χ0v) is 13.0. The number of aryl methyl sites for hydroxylation is 1. The largest absolute Gasteiger partial charge is 0.497 e. The van der Waals surface area contributed by atoms with E-state index in [1.807, 2.05) is 12.1 Å². The van der Waals surface area contributed by atoms with Crippen LogP contribution < -0.4 is 10.1 Å². The smallest absolute Gasteiger partial charge is 0.118 e. The fraction of sp³-hybridized carbons (Fsp3) is 0.412. The summed E-state index contributed by atoms with van der Waals surface area (Å²) in [6.45, 7) is 7.39. The molecule has 1 N–H and O–H groups in total. The van der Waals surface area contributed by atoms with Gasteiger partial charge in [0.2, 0.25) is 0 Å². The summed E-state index contributed by atoms with van der Waals surface area (Å²) in [6.07, 6.45) is 0. The minimum Gasteiger partial charge on any atom is -0.497 e. The quantitative estimate of drug-likeness (QED) is 0.901. The third-order valence-corrected chi connectivity index (χ3v) is 4.09. The number of ether oxygens (including phenoxy) is 1. The Kier molecular flexibility index (Phi) is 4.50. The summed E-state index contributed by atoms with van der Waals surface area (Å²) < 4.78 is 7.42. The molecule has 0 aliphatic heterocycles. The van der Waals surface area contributed by atoms with Crippen molar-refractivity contribution in [1.82, 2.24) is 9.88 Å². The maximum absolute atomic E-state index is 5.19. The Morgan fingerprint density at radius 2 is 1.85 bits per heavy atom. The van der Waals surface area contributed by atoms with E-state index in [9.17, 15) is 0 Å².